The van der Waals surface area contributed by atoms with Crippen LogP contribution in [0.4, 0.5) is 5.69 Å². The number of aliphatic hydroxyl groups excluding tert-OH is 1. The molecule has 0 unspecified atom stereocenters. The third kappa shape index (κ3) is 3.92. The molecule has 0 fully saturated rings. The number of rotatable bonds is 5. The predicted octanol–water partition coefficient (Wildman–Crippen LogP) is 3.87. The molecule has 2 aromatic rings. The molecule has 0 aliphatic carbocycles. The van der Waals surface area contributed by atoms with E-state index in [0.29, 0.717) is 5.69 Å². The molecular weight excluding hydrogens is 262 g/mol. The molecule has 3 nitrogen and oxygen atoms in total. The Kier molecular flexibility index (Phi) is 5.12. The molecule has 0 spiro atoms. The SMILES string of the molecule is CC[C@@H](C(=O)Nc1cccc([C@H](C)O)c1)c1ccccc1. The number of aliphatic hydroxyl groups is 1. The molecule has 0 saturated heterocycles. The van der Waals surface area contributed by atoms with Crippen LogP contribution in [-0.2, 0) is 4.79 Å². The fourth-order valence-electron chi connectivity index (χ4n) is 2.36. The van der Waals surface area contributed by atoms with E-state index in [1.54, 1.807) is 13.0 Å². The van der Waals surface area contributed by atoms with Crippen LogP contribution in [0, 0.1) is 0 Å². The van der Waals surface area contributed by atoms with Gasteiger partial charge in [0.15, 0.2) is 0 Å². The molecule has 0 radical (unpaired) electrons. The monoisotopic (exact) mass is 283 g/mol. The average molecular weight is 283 g/mol. The number of carbonyl (C=O) groups excluding carboxylic acids is 1. The summed E-state index contributed by atoms with van der Waals surface area (Å²) in [6.45, 7) is 3.71. The summed E-state index contributed by atoms with van der Waals surface area (Å²) in [5.74, 6) is -0.187. The lowest BCUT2D eigenvalue weighted by atomic mass is 9.95. The molecule has 2 aromatic carbocycles. The molecule has 21 heavy (non-hydrogen) atoms. The lowest BCUT2D eigenvalue weighted by Crippen LogP contribution is -2.20. The van der Waals surface area contributed by atoms with Crippen LogP contribution in [0.1, 0.15) is 43.4 Å². The van der Waals surface area contributed by atoms with Crippen molar-refractivity contribution in [2.75, 3.05) is 5.32 Å². The van der Waals surface area contributed by atoms with Gasteiger partial charge in [-0.05, 0) is 36.6 Å². The predicted molar refractivity (Wildman–Crippen MR) is 85.2 cm³/mol. The summed E-state index contributed by atoms with van der Waals surface area (Å²) in [7, 11) is 0. The lowest BCUT2D eigenvalue weighted by Gasteiger charge is -2.16. The topological polar surface area (TPSA) is 49.3 Å². The highest BCUT2D eigenvalue weighted by Crippen LogP contribution is 2.23. The molecule has 0 saturated carbocycles. The minimum Gasteiger partial charge on any atom is -0.389 e. The first-order valence-electron chi connectivity index (χ1n) is 7.25. The highest BCUT2D eigenvalue weighted by Gasteiger charge is 2.18. The summed E-state index contributed by atoms with van der Waals surface area (Å²) in [6, 6.07) is 17.1. The number of nitrogens with one attached hydrogen (secondary N) is 1. The molecule has 0 bridgehead atoms. The minimum atomic E-state index is -0.544. The van der Waals surface area contributed by atoms with E-state index in [9.17, 15) is 9.90 Å². The Balaban J connectivity index is 2.15. The number of amides is 1. The normalized spacial score (nSPS) is 13.5. The van der Waals surface area contributed by atoms with Crippen LogP contribution in [0.5, 0.6) is 0 Å². The third-order valence-electron chi connectivity index (χ3n) is 3.56. The smallest absolute Gasteiger partial charge is 0.231 e. The first-order chi connectivity index (χ1) is 10.1. The highest BCUT2D eigenvalue weighted by molar-refractivity contribution is 5.95. The molecular formula is C18H21NO2. The number of carbonyl (C=O) groups is 1. The van der Waals surface area contributed by atoms with Gasteiger partial charge in [0.25, 0.3) is 0 Å². The second-order valence-corrected chi connectivity index (χ2v) is 5.16. The first-order valence-corrected chi connectivity index (χ1v) is 7.25. The van der Waals surface area contributed by atoms with E-state index in [0.717, 1.165) is 17.5 Å². The largest absolute Gasteiger partial charge is 0.389 e. The fraction of sp³-hybridized carbons (Fsp3) is 0.278. The van der Waals surface area contributed by atoms with Gasteiger partial charge in [-0.2, -0.15) is 0 Å². The van der Waals surface area contributed by atoms with Crippen LogP contribution in [0.25, 0.3) is 0 Å². The van der Waals surface area contributed by atoms with Gasteiger partial charge in [0.2, 0.25) is 5.91 Å². The van der Waals surface area contributed by atoms with Crippen LogP contribution < -0.4 is 5.32 Å². The number of anilines is 1. The van der Waals surface area contributed by atoms with Crippen molar-refractivity contribution in [3.8, 4) is 0 Å². The summed E-state index contributed by atoms with van der Waals surface area (Å²) in [6.07, 6.45) is 0.198. The number of hydrogen-bond acceptors (Lipinski definition) is 2. The lowest BCUT2D eigenvalue weighted by molar-refractivity contribution is -0.117. The van der Waals surface area contributed by atoms with Crippen molar-refractivity contribution in [1.29, 1.82) is 0 Å². The van der Waals surface area contributed by atoms with E-state index in [1.165, 1.54) is 0 Å². The molecule has 3 heteroatoms. The van der Waals surface area contributed by atoms with E-state index in [1.807, 2.05) is 55.5 Å². The maximum Gasteiger partial charge on any atom is 0.231 e. The van der Waals surface area contributed by atoms with E-state index in [4.69, 9.17) is 0 Å². The van der Waals surface area contributed by atoms with Crippen molar-refractivity contribution < 1.29 is 9.90 Å². The Bertz CT molecular complexity index is 593. The van der Waals surface area contributed by atoms with Crippen molar-refractivity contribution in [3.63, 3.8) is 0 Å². The molecule has 1 amide bonds. The van der Waals surface area contributed by atoms with Crippen molar-refractivity contribution >= 4 is 11.6 Å². The van der Waals surface area contributed by atoms with Gasteiger partial charge < -0.3 is 10.4 Å². The van der Waals surface area contributed by atoms with Crippen molar-refractivity contribution in [2.45, 2.75) is 32.3 Å². The van der Waals surface area contributed by atoms with Crippen molar-refractivity contribution in [1.82, 2.24) is 0 Å². The van der Waals surface area contributed by atoms with E-state index >= 15 is 0 Å². The molecule has 2 N–H and O–H groups in total. The van der Waals surface area contributed by atoms with Gasteiger partial charge in [0.05, 0.1) is 12.0 Å². The van der Waals surface area contributed by atoms with Crippen LogP contribution in [0.3, 0.4) is 0 Å². The molecule has 0 aliphatic heterocycles. The Labute approximate surface area is 125 Å². The quantitative estimate of drug-likeness (QED) is 0.875. The van der Waals surface area contributed by atoms with Gasteiger partial charge in [-0.1, -0.05) is 49.4 Å². The Morgan fingerprint density at radius 1 is 1.10 bits per heavy atom. The van der Waals surface area contributed by atoms with Crippen molar-refractivity contribution in [2.24, 2.45) is 0 Å². The Morgan fingerprint density at radius 3 is 2.38 bits per heavy atom. The zero-order valence-corrected chi connectivity index (χ0v) is 12.4. The Hall–Kier alpha value is -2.13. The second kappa shape index (κ2) is 7.04. The highest BCUT2D eigenvalue weighted by atomic mass is 16.3. The third-order valence-corrected chi connectivity index (χ3v) is 3.56. The number of hydrogen-bond donors (Lipinski definition) is 2. The Morgan fingerprint density at radius 2 is 1.76 bits per heavy atom. The van der Waals surface area contributed by atoms with Gasteiger partial charge in [0.1, 0.15) is 0 Å². The zero-order valence-electron chi connectivity index (χ0n) is 12.4. The summed E-state index contributed by atoms with van der Waals surface area (Å²) in [5, 5.41) is 12.5. The average Bonchev–Trinajstić information content (AvgIpc) is 2.49. The summed E-state index contributed by atoms with van der Waals surface area (Å²) in [5.41, 5.74) is 2.53. The maximum atomic E-state index is 12.5. The minimum absolute atomic E-state index is 0.0218. The van der Waals surface area contributed by atoms with Crippen LogP contribution in [0.15, 0.2) is 54.6 Å². The van der Waals surface area contributed by atoms with Crippen LogP contribution in [0.2, 0.25) is 0 Å². The fourth-order valence-corrected chi connectivity index (χ4v) is 2.36. The first kappa shape index (κ1) is 15.3. The van der Waals surface area contributed by atoms with Crippen LogP contribution in [-0.4, -0.2) is 11.0 Å². The maximum absolute atomic E-state index is 12.5. The van der Waals surface area contributed by atoms with Crippen molar-refractivity contribution in [3.05, 3.63) is 65.7 Å². The molecule has 0 aromatic heterocycles. The molecule has 0 aliphatic rings. The van der Waals surface area contributed by atoms with E-state index in [2.05, 4.69) is 5.32 Å². The van der Waals surface area contributed by atoms with Crippen LogP contribution >= 0.6 is 0 Å². The molecule has 2 rings (SSSR count). The van der Waals surface area contributed by atoms with Gasteiger partial charge in [-0.25, -0.2) is 0 Å². The second-order valence-electron chi connectivity index (χ2n) is 5.16. The van der Waals surface area contributed by atoms with Gasteiger partial charge in [-0.3, -0.25) is 4.79 Å². The number of benzene rings is 2. The van der Waals surface area contributed by atoms with E-state index in [-0.39, 0.29) is 11.8 Å². The van der Waals surface area contributed by atoms with Gasteiger partial charge >= 0.3 is 0 Å². The summed E-state index contributed by atoms with van der Waals surface area (Å²) < 4.78 is 0. The summed E-state index contributed by atoms with van der Waals surface area (Å²) in [4.78, 5) is 12.5. The van der Waals surface area contributed by atoms with E-state index < -0.39 is 6.10 Å². The molecule has 0 heterocycles. The van der Waals surface area contributed by atoms with Gasteiger partial charge in [0, 0.05) is 5.69 Å². The zero-order chi connectivity index (χ0) is 15.2. The molecule has 110 valence electrons. The van der Waals surface area contributed by atoms with Gasteiger partial charge in [-0.15, -0.1) is 0 Å². The standard InChI is InChI=1S/C18H21NO2/c1-3-17(14-8-5-4-6-9-14)18(21)19-16-11-7-10-15(12-16)13(2)20/h4-13,17,20H,3H2,1-2H3,(H,19,21)/t13-,17+/m0/s1. The summed E-state index contributed by atoms with van der Waals surface area (Å²) >= 11 is 0. The molecule has 2 atom stereocenters.